The maximum atomic E-state index is 13.1. The van der Waals surface area contributed by atoms with Gasteiger partial charge in [0.1, 0.15) is 17.2 Å². The van der Waals surface area contributed by atoms with Crippen LogP contribution in [0.4, 0.5) is 4.39 Å². The van der Waals surface area contributed by atoms with Crippen molar-refractivity contribution in [1.29, 1.82) is 0 Å². The Morgan fingerprint density at radius 3 is 2.70 bits per heavy atom. The first-order chi connectivity index (χ1) is 9.70. The molecule has 1 saturated carbocycles. The number of aromatic nitrogens is 2. The molecule has 3 nitrogen and oxygen atoms in total. The smallest absolute Gasteiger partial charge is 0.138 e. The third-order valence-electron chi connectivity index (χ3n) is 4.31. The van der Waals surface area contributed by atoms with Crippen molar-refractivity contribution in [3.8, 4) is 0 Å². The van der Waals surface area contributed by atoms with E-state index < -0.39 is 5.60 Å². The standard InChI is InChI=1S/C16H19FN2O/c17-13-7-5-12(6-8-13)14-4-2-1-3-9-16(14,20)15-18-10-11-19-15/h5-8,10-11,14,20H,1-4,9H2,(H,18,19)/t14-,16+/m0/s1. The van der Waals surface area contributed by atoms with Gasteiger partial charge in [-0.3, -0.25) is 0 Å². The average molecular weight is 274 g/mol. The van der Waals surface area contributed by atoms with Crippen molar-refractivity contribution in [2.75, 3.05) is 0 Å². The molecular weight excluding hydrogens is 255 g/mol. The molecule has 1 fully saturated rings. The Labute approximate surface area is 117 Å². The lowest BCUT2D eigenvalue weighted by Gasteiger charge is -2.33. The molecule has 1 aliphatic rings. The highest BCUT2D eigenvalue weighted by atomic mass is 19.1. The van der Waals surface area contributed by atoms with Gasteiger partial charge in [0.25, 0.3) is 0 Å². The van der Waals surface area contributed by atoms with E-state index in [0.717, 1.165) is 31.2 Å². The minimum atomic E-state index is -0.988. The first kappa shape index (κ1) is 13.3. The monoisotopic (exact) mass is 274 g/mol. The van der Waals surface area contributed by atoms with Crippen molar-refractivity contribution < 1.29 is 9.50 Å². The van der Waals surface area contributed by atoms with Crippen molar-refractivity contribution in [3.63, 3.8) is 0 Å². The Balaban J connectivity index is 2.02. The number of aliphatic hydroxyl groups is 1. The van der Waals surface area contributed by atoms with E-state index in [9.17, 15) is 9.50 Å². The van der Waals surface area contributed by atoms with Crippen LogP contribution in [-0.2, 0) is 5.60 Å². The molecule has 2 atom stereocenters. The summed E-state index contributed by atoms with van der Waals surface area (Å²) in [6, 6.07) is 6.48. The van der Waals surface area contributed by atoms with E-state index in [2.05, 4.69) is 9.97 Å². The predicted molar refractivity (Wildman–Crippen MR) is 74.7 cm³/mol. The lowest BCUT2D eigenvalue weighted by atomic mass is 9.78. The third-order valence-corrected chi connectivity index (χ3v) is 4.31. The second-order valence-electron chi connectivity index (χ2n) is 5.57. The van der Waals surface area contributed by atoms with Crippen LogP contribution in [0.15, 0.2) is 36.7 Å². The number of hydrogen-bond donors (Lipinski definition) is 2. The van der Waals surface area contributed by atoms with Crippen molar-refractivity contribution >= 4 is 0 Å². The van der Waals surface area contributed by atoms with Gasteiger partial charge in [0, 0.05) is 18.3 Å². The molecular formula is C16H19FN2O. The third kappa shape index (κ3) is 2.36. The van der Waals surface area contributed by atoms with E-state index in [1.165, 1.54) is 12.1 Å². The highest BCUT2D eigenvalue weighted by Crippen LogP contribution is 2.44. The molecule has 3 rings (SSSR count). The van der Waals surface area contributed by atoms with Crippen LogP contribution >= 0.6 is 0 Å². The number of nitrogens with one attached hydrogen (secondary N) is 1. The number of benzene rings is 1. The first-order valence-corrected chi connectivity index (χ1v) is 7.18. The maximum absolute atomic E-state index is 13.1. The summed E-state index contributed by atoms with van der Waals surface area (Å²) < 4.78 is 13.1. The molecule has 0 amide bonds. The van der Waals surface area contributed by atoms with Gasteiger partial charge in [0.15, 0.2) is 0 Å². The summed E-state index contributed by atoms with van der Waals surface area (Å²) in [7, 11) is 0. The number of imidazole rings is 1. The zero-order chi connectivity index (χ0) is 14.0. The molecule has 20 heavy (non-hydrogen) atoms. The average Bonchev–Trinajstić information content (AvgIpc) is 2.92. The summed E-state index contributed by atoms with van der Waals surface area (Å²) in [4.78, 5) is 7.32. The van der Waals surface area contributed by atoms with Crippen molar-refractivity contribution in [1.82, 2.24) is 9.97 Å². The molecule has 1 aliphatic carbocycles. The molecule has 1 aromatic carbocycles. The van der Waals surface area contributed by atoms with Crippen LogP contribution in [0.25, 0.3) is 0 Å². The number of aromatic amines is 1. The molecule has 0 aliphatic heterocycles. The minimum Gasteiger partial charge on any atom is -0.381 e. The number of hydrogen-bond acceptors (Lipinski definition) is 2. The van der Waals surface area contributed by atoms with Crippen LogP contribution in [0.5, 0.6) is 0 Å². The number of rotatable bonds is 2. The number of H-pyrrole nitrogens is 1. The zero-order valence-corrected chi connectivity index (χ0v) is 11.3. The van der Waals surface area contributed by atoms with Crippen molar-refractivity contribution in [2.24, 2.45) is 0 Å². The molecule has 0 radical (unpaired) electrons. The molecule has 0 saturated heterocycles. The van der Waals surface area contributed by atoms with Gasteiger partial charge < -0.3 is 10.1 Å². The van der Waals surface area contributed by atoms with Crippen LogP contribution in [0.2, 0.25) is 0 Å². The van der Waals surface area contributed by atoms with E-state index in [1.807, 2.05) is 0 Å². The predicted octanol–water partition coefficient (Wildman–Crippen LogP) is 3.48. The molecule has 0 bridgehead atoms. The molecule has 0 unspecified atom stereocenters. The summed E-state index contributed by atoms with van der Waals surface area (Å²) in [5.41, 5.74) is -0.00938. The van der Waals surface area contributed by atoms with Crippen molar-refractivity contribution in [2.45, 2.75) is 43.6 Å². The summed E-state index contributed by atoms with van der Waals surface area (Å²) in [6.07, 6.45) is 8.14. The highest BCUT2D eigenvalue weighted by molar-refractivity contribution is 5.26. The van der Waals surface area contributed by atoms with E-state index in [0.29, 0.717) is 12.2 Å². The van der Waals surface area contributed by atoms with Gasteiger partial charge in [0.2, 0.25) is 0 Å². The lowest BCUT2D eigenvalue weighted by Crippen LogP contribution is -2.34. The first-order valence-electron chi connectivity index (χ1n) is 7.18. The summed E-state index contributed by atoms with van der Waals surface area (Å²) in [5.74, 6) is 0.328. The summed E-state index contributed by atoms with van der Waals surface area (Å²) in [5, 5.41) is 11.2. The Morgan fingerprint density at radius 2 is 2.00 bits per heavy atom. The molecule has 106 valence electrons. The number of halogens is 1. The number of nitrogens with zero attached hydrogens (tertiary/aromatic N) is 1. The van der Waals surface area contributed by atoms with Gasteiger partial charge in [-0.2, -0.15) is 0 Å². The van der Waals surface area contributed by atoms with Crippen molar-refractivity contribution in [3.05, 3.63) is 53.9 Å². The highest BCUT2D eigenvalue weighted by Gasteiger charge is 2.42. The van der Waals surface area contributed by atoms with Crippen LogP contribution < -0.4 is 0 Å². The van der Waals surface area contributed by atoms with Crippen LogP contribution in [0.1, 0.15) is 49.4 Å². The molecule has 2 aromatic rings. The normalized spacial score (nSPS) is 27.2. The Hall–Kier alpha value is -1.68. The fraction of sp³-hybridized carbons (Fsp3) is 0.438. The van der Waals surface area contributed by atoms with Gasteiger partial charge in [-0.05, 0) is 30.5 Å². The van der Waals surface area contributed by atoms with E-state index in [1.54, 1.807) is 24.5 Å². The van der Waals surface area contributed by atoms with E-state index >= 15 is 0 Å². The quantitative estimate of drug-likeness (QED) is 0.824. The topological polar surface area (TPSA) is 48.9 Å². The summed E-state index contributed by atoms with van der Waals surface area (Å²) in [6.45, 7) is 0. The van der Waals surface area contributed by atoms with Crippen LogP contribution in [-0.4, -0.2) is 15.1 Å². The second kappa shape index (κ2) is 5.37. The maximum Gasteiger partial charge on any atom is 0.138 e. The molecule has 2 N–H and O–H groups in total. The largest absolute Gasteiger partial charge is 0.381 e. The molecule has 4 heteroatoms. The van der Waals surface area contributed by atoms with Gasteiger partial charge in [-0.1, -0.05) is 31.4 Å². The second-order valence-corrected chi connectivity index (χ2v) is 5.57. The molecule has 0 spiro atoms. The van der Waals surface area contributed by atoms with Gasteiger partial charge in [0.05, 0.1) is 0 Å². The minimum absolute atomic E-state index is 0.0447. The van der Waals surface area contributed by atoms with Crippen LogP contribution in [0, 0.1) is 5.82 Å². The van der Waals surface area contributed by atoms with Gasteiger partial charge in [-0.25, -0.2) is 9.37 Å². The molecule has 1 heterocycles. The molecule has 1 aromatic heterocycles. The van der Waals surface area contributed by atoms with Crippen LogP contribution in [0.3, 0.4) is 0 Å². The van der Waals surface area contributed by atoms with E-state index in [4.69, 9.17) is 0 Å². The SMILES string of the molecule is O[C@]1(c2ncc[nH]2)CCCCC[C@H]1c1ccc(F)cc1. The Morgan fingerprint density at radius 1 is 1.20 bits per heavy atom. The Bertz CT molecular complexity index is 552. The Kier molecular flexibility index (Phi) is 3.57. The lowest BCUT2D eigenvalue weighted by molar-refractivity contribution is -0.00766. The van der Waals surface area contributed by atoms with Gasteiger partial charge >= 0.3 is 0 Å². The summed E-state index contributed by atoms with van der Waals surface area (Å²) >= 11 is 0. The fourth-order valence-corrected chi connectivity index (χ4v) is 3.26. The zero-order valence-electron chi connectivity index (χ0n) is 11.3. The fourth-order valence-electron chi connectivity index (χ4n) is 3.26. The van der Waals surface area contributed by atoms with E-state index in [-0.39, 0.29) is 11.7 Å². The van der Waals surface area contributed by atoms with Gasteiger partial charge in [-0.15, -0.1) is 0 Å².